The monoisotopic (exact) mass is 336 g/mol. The van der Waals surface area contributed by atoms with Crippen molar-refractivity contribution >= 4 is 23.2 Å². The van der Waals surface area contributed by atoms with Crippen molar-refractivity contribution in [3.05, 3.63) is 59.7 Å². The molecule has 0 saturated heterocycles. The molecule has 2 amide bonds. The number of anilines is 2. The minimum atomic E-state index is -0.272. The molecule has 0 saturated carbocycles. The van der Waals surface area contributed by atoms with Crippen LogP contribution in [0.3, 0.4) is 0 Å². The summed E-state index contributed by atoms with van der Waals surface area (Å²) in [7, 11) is 0. The summed E-state index contributed by atoms with van der Waals surface area (Å²) in [5, 5.41) is 2.91. The Morgan fingerprint density at radius 1 is 1.04 bits per heavy atom. The zero-order valence-electron chi connectivity index (χ0n) is 15.0. The number of benzene rings is 2. The van der Waals surface area contributed by atoms with Gasteiger partial charge in [-0.3, -0.25) is 9.59 Å². The number of nitrogens with one attached hydrogen (secondary N) is 1. The number of hydrogen-bond donors (Lipinski definition) is 1. The van der Waals surface area contributed by atoms with Gasteiger partial charge >= 0.3 is 0 Å². The molecule has 3 rings (SSSR count). The van der Waals surface area contributed by atoms with Gasteiger partial charge in [-0.2, -0.15) is 0 Å². The molecule has 1 aliphatic heterocycles. The van der Waals surface area contributed by atoms with Gasteiger partial charge < -0.3 is 10.2 Å². The molecule has 2 aromatic rings. The fourth-order valence-electron chi connectivity index (χ4n) is 3.27. The van der Waals surface area contributed by atoms with Crippen LogP contribution in [0.15, 0.2) is 48.5 Å². The molecule has 1 heterocycles. The van der Waals surface area contributed by atoms with Crippen LogP contribution >= 0.6 is 0 Å². The van der Waals surface area contributed by atoms with Crippen LogP contribution < -0.4 is 10.2 Å². The molecule has 0 aromatic heterocycles. The quantitative estimate of drug-likeness (QED) is 0.864. The normalized spacial score (nSPS) is 13.5. The van der Waals surface area contributed by atoms with E-state index in [1.54, 1.807) is 4.90 Å². The third-order valence-corrected chi connectivity index (χ3v) is 4.51. The fourth-order valence-corrected chi connectivity index (χ4v) is 3.27. The number of carbonyl (C=O) groups is 2. The molecule has 0 aliphatic carbocycles. The van der Waals surface area contributed by atoms with E-state index in [0.29, 0.717) is 6.54 Å². The van der Waals surface area contributed by atoms with Crippen molar-refractivity contribution in [3.8, 4) is 0 Å². The van der Waals surface area contributed by atoms with E-state index in [2.05, 4.69) is 26.1 Å². The van der Waals surface area contributed by atoms with Crippen molar-refractivity contribution in [2.75, 3.05) is 16.8 Å². The molecule has 0 bridgehead atoms. The summed E-state index contributed by atoms with van der Waals surface area (Å²) >= 11 is 0. The van der Waals surface area contributed by atoms with Crippen LogP contribution in [0.2, 0.25) is 0 Å². The highest BCUT2D eigenvalue weighted by Crippen LogP contribution is 2.30. The summed E-state index contributed by atoms with van der Waals surface area (Å²) in [5.74, 6) is -0.429. The first kappa shape index (κ1) is 17.2. The number of carbonyl (C=O) groups excluding carboxylic acids is 2. The zero-order chi connectivity index (χ0) is 18.0. The van der Waals surface area contributed by atoms with Crippen LogP contribution in [-0.4, -0.2) is 18.4 Å². The highest BCUT2D eigenvalue weighted by atomic mass is 16.2. The van der Waals surface area contributed by atoms with E-state index in [4.69, 9.17) is 0 Å². The van der Waals surface area contributed by atoms with E-state index in [9.17, 15) is 9.59 Å². The Morgan fingerprint density at radius 2 is 1.72 bits per heavy atom. The molecule has 4 heteroatoms. The first-order valence-electron chi connectivity index (χ1n) is 8.64. The van der Waals surface area contributed by atoms with Gasteiger partial charge in [-0.25, -0.2) is 0 Å². The summed E-state index contributed by atoms with van der Waals surface area (Å²) in [6.07, 6.45) is 0.698. The number of hydrogen-bond acceptors (Lipinski definition) is 2. The summed E-state index contributed by atoms with van der Waals surface area (Å²) in [4.78, 5) is 26.7. The maximum Gasteiger partial charge on any atom is 0.236 e. The van der Waals surface area contributed by atoms with Gasteiger partial charge in [-0.1, -0.05) is 57.2 Å². The van der Waals surface area contributed by atoms with Crippen LogP contribution in [0.5, 0.6) is 0 Å². The van der Waals surface area contributed by atoms with Gasteiger partial charge in [0.25, 0.3) is 0 Å². The molecule has 0 unspecified atom stereocenters. The van der Waals surface area contributed by atoms with Crippen LogP contribution in [0.25, 0.3) is 0 Å². The molecule has 2 aromatic carbocycles. The molecule has 130 valence electrons. The Labute approximate surface area is 148 Å². The molecule has 1 N–H and O–H groups in total. The number of amides is 2. The van der Waals surface area contributed by atoms with E-state index in [1.807, 2.05) is 48.5 Å². The SMILES string of the molecule is CC(C)(C)c1ccccc1NC(=O)CC(=O)N1CCc2ccccc21. The van der Waals surface area contributed by atoms with E-state index in [1.165, 1.54) is 0 Å². The second-order valence-electron chi connectivity index (χ2n) is 7.44. The summed E-state index contributed by atoms with van der Waals surface area (Å²) in [5.41, 5.74) is 3.84. The van der Waals surface area contributed by atoms with E-state index < -0.39 is 0 Å². The van der Waals surface area contributed by atoms with Crippen molar-refractivity contribution in [3.63, 3.8) is 0 Å². The lowest BCUT2D eigenvalue weighted by atomic mass is 9.86. The van der Waals surface area contributed by atoms with Crippen molar-refractivity contribution in [2.45, 2.75) is 39.0 Å². The lowest BCUT2D eigenvalue weighted by Gasteiger charge is -2.23. The minimum Gasteiger partial charge on any atom is -0.325 e. The molecule has 1 aliphatic rings. The number of rotatable bonds is 3. The van der Waals surface area contributed by atoms with Gasteiger partial charge in [0.1, 0.15) is 6.42 Å². The minimum absolute atomic E-state index is 0.0816. The average molecular weight is 336 g/mol. The standard InChI is InChI=1S/C21H24N2O2/c1-21(2,3)16-9-5-6-10-17(16)22-19(24)14-20(25)23-13-12-15-8-4-7-11-18(15)23/h4-11H,12-14H2,1-3H3,(H,22,24). The first-order valence-corrected chi connectivity index (χ1v) is 8.64. The Kier molecular flexibility index (Phi) is 4.62. The largest absolute Gasteiger partial charge is 0.325 e. The lowest BCUT2D eigenvalue weighted by molar-refractivity contribution is -0.125. The molecule has 25 heavy (non-hydrogen) atoms. The van der Waals surface area contributed by atoms with E-state index >= 15 is 0 Å². The Balaban J connectivity index is 1.69. The molecular weight excluding hydrogens is 312 g/mol. The second kappa shape index (κ2) is 6.71. The third kappa shape index (κ3) is 3.73. The molecular formula is C21H24N2O2. The van der Waals surface area contributed by atoms with E-state index in [-0.39, 0.29) is 23.7 Å². The van der Waals surface area contributed by atoms with Gasteiger partial charge in [0, 0.05) is 17.9 Å². The zero-order valence-corrected chi connectivity index (χ0v) is 15.0. The molecule has 0 atom stereocenters. The predicted octanol–water partition coefficient (Wildman–Crippen LogP) is 3.90. The Bertz CT molecular complexity index is 806. The average Bonchev–Trinajstić information content (AvgIpc) is 2.98. The fraction of sp³-hybridized carbons (Fsp3) is 0.333. The van der Waals surface area contributed by atoms with Crippen molar-refractivity contribution in [1.29, 1.82) is 0 Å². The lowest BCUT2D eigenvalue weighted by Crippen LogP contribution is -2.32. The Morgan fingerprint density at radius 3 is 2.48 bits per heavy atom. The molecule has 0 spiro atoms. The molecule has 0 fully saturated rings. The maximum atomic E-state index is 12.6. The van der Waals surface area contributed by atoms with E-state index in [0.717, 1.165) is 28.9 Å². The first-order chi connectivity index (χ1) is 11.9. The summed E-state index contributed by atoms with van der Waals surface area (Å²) in [6, 6.07) is 15.6. The third-order valence-electron chi connectivity index (χ3n) is 4.51. The molecule has 0 radical (unpaired) electrons. The van der Waals surface area contributed by atoms with Crippen molar-refractivity contribution in [2.24, 2.45) is 0 Å². The molecule has 4 nitrogen and oxygen atoms in total. The van der Waals surface area contributed by atoms with Gasteiger partial charge in [0.15, 0.2) is 0 Å². The topological polar surface area (TPSA) is 49.4 Å². The van der Waals surface area contributed by atoms with Gasteiger partial charge in [-0.15, -0.1) is 0 Å². The summed E-state index contributed by atoms with van der Waals surface area (Å²) < 4.78 is 0. The van der Waals surface area contributed by atoms with Gasteiger partial charge in [-0.05, 0) is 35.1 Å². The van der Waals surface area contributed by atoms with Crippen molar-refractivity contribution < 1.29 is 9.59 Å². The second-order valence-corrected chi connectivity index (χ2v) is 7.44. The number of nitrogens with zero attached hydrogens (tertiary/aromatic N) is 1. The highest BCUT2D eigenvalue weighted by Gasteiger charge is 2.26. The highest BCUT2D eigenvalue weighted by molar-refractivity contribution is 6.09. The van der Waals surface area contributed by atoms with Crippen LogP contribution in [0.4, 0.5) is 11.4 Å². The smallest absolute Gasteiger partial charge is 0.236 e. The van der Waals surface area contributed by atoms with Crippen LogP contribution in [-0.2, 0) is 21.4 Å². The number of fused-ring (bicyclic) bond motifs is 1. The van der Waals surface area contributed by atoms with Crippen molar-refractivity contribution in [1.82, 2.24) is 0 Å². The maximum absolute atomic E-state index is 12.6. The Hall–Kier alpha value is -2.62. The van der Waals surface area contributed by atoms with Crippen LogP contribution in [0.1, 0.15) is 38.3 Å². The van der Waals surface area contributed by atoms with Gasteiger partial charge in [0.2, 0.25) is 11.8 Å². The van der Waals surface area contributed by atoms with Crippen LogP contribution in [0, 0.1) is 0 Å². The summed E-state index contributed by atoms with van der Waals surface area (Å²) in [6.45, 7) is 6.95. The predicted molar refractivity (Wildman–Crippen MR) is 101 cm³/mol. The number of para-hydroxylation sites is 2. The van der Waals surface area contributed by atoms with Gasteiger partial charge in [0.05, 0.1) is 0 Å².